The summed E-state index contributed by atoms with van der Waals surface area (Å²) < 4.78 is 12.1. The lowest BCUT2D eigenvalue weighted by Gasteiger charge is -2.05. The van der Waals surface area contributed by atoms with E-state index in [-0.39, 0.29) is 5.82 Å². The fourth-order valence-electron chi connectivity index (χ4n) is 2.27. The van der Waals surface area contributed by atoms with E-state index in [1.165, 1.54) is 37.0 Å². The predicted octanol–water partition coefficient (Wildman–Crippen LogP) is 6.24. The van der Waals surface area contributed by atoms with Gasteiger partial charge in [0.2, 0.25) is 0 Å². The van der Waals surface area contributed by atoms with Crippen molar-refractivity contribution in [1.82, 2.24) is 0 Å². The monoisotopic (exact) mass is 304 g/mol. The van der Waals surface area contributed by atoms with Crippen LogP contribution in [0.5, 0.6) is 0 Å². The van der Waals surface area contributed by atoms with Crippen molar-refractivity contribution in [3.05, 3.63) is 70.5 Å². The molecule has 2 aromatic carbocycles. The molecule has 0 bridgehead atoms. The maximum Gasteiger partial charge on any atom is 0.124 e. The molecule has 3 rings (SSSR count). The molecule has 21 heavy (non-hydrogen) atoms. The molecular weight excluding hydrogens is 283 g/mol. The highest BCUT2D eigenvalue weighted by atomic mass is 35.5. The second kappa shape index (κ2) is 7.61. The number of rotatable bonds is 3. The lowest BCUT2D eigenvalue weighted by atomic mass is 10.0. The van der Waals surface area contributed by atoms with Crippen LogP contribution in [0.25, 0.3) is 0 Å². The van der Waals surface area contributed by atoms with Crippen LogP contribution in [0.1, 0.15) is 43.7 Å². The molecule has 0 amide bonds. The highest BCUT2D eigenvalue weighted by Gasteiger charge is 2.22. The van der Waals surface area contributed by atoms with Crippen LogP contribution in [0.4, 0.5) is 4.39 Å². The molecule has 0 radical (unpaired) electrons. The predicted molar refractivity (Wildman–Crippen MR) is 88.4 cm³/mol. The molecule has 0 N–H and O–H groups in total. The standard InChI is InChI=1S/C13H18.C6H4ClF/c1-10(2)9-11-3-5-12(6-4-11)13-7-8-13;7-5-2-1-3-6(8)4-5/h3-6,10,13H,7-9H2,1-2H3;1-4H. The van der Waals surface area contributed by atoms with E-state index in [1.807, 2.05) is 0 Å². The summed E-state index contributed by atoms with van der Waals surface area (Å²) in [6, 6.07) is 15.0. The van der Waals surface area contributed by atoms with E-state index in [0.717, 1.165) is 11.8 Å². The van der Waals surface area contributed by atoms with Crippen molar-refractivity contribution in [3.8, 4) is 0 Å². The van der Waals surface area contributed by atoms with E-state index in [4.69, 9.17) is 11.6 Å². The SMILES string of the molecule is CC(C)Cc1ccc(C2CC2)cc1.Fc1cccc(Cl)c1. The lowest BCUT2D eigenvalue weighted by molar-refractivity contribution is 0.628. The molecule has 2 aromatic rings. The van der Waals surface area contributed by atoms with E-state index in [2.05, 4.69) is 38.1 Å². The Bertz CT molecular complexity index is 539. The first-order valence-electron chi connectivity index (χ1n) is 7.54. The molecule has 0 atom stereocenters. The molecule has 0 nitrogen and oxygen atoms in total. The number of halogens is 2. The van der Waals surface area contributed by atoms with Crippen LogP contribution in [0, 0.1) is 11.7 Å². The second-order valence-electron chi connectivity index (χ2n) is 6.05. The van der Waals surface area contributed by atoms with Crippen LogP contribution in [0.2, 0.25) is 5.02 Å². The number of benzene rings is 2. The third-order valence-electron chi connectivity index (χ3n) is 3.46. The summed E-state index contributed by atoms with van der Waals surface area (Å²) in [6.45, 7) is 4.55. The topological polar surface area (TPSA) is 0 Å². The van der Waals surface area contributed by atoms with Gasteiger partial charge in [-0.3, -0.25) is 0 Å². The number of hydrogen-bond donors (Lipinski definition) is 0. The fraction of sp³-hybridized carbons (Fsp3) is 0.368. The Labute approximate surface area is 132 Å². The van der Waals surface area contributed by atoms with Gasteiger partial charge in [-0.1, -0.05) is 55.8 Å². The zero-order valence-electron chi connectivity index (χ0n) is 12.7. The van der Waals surface area contributed by atoms with E-state index in [0.29, 0.717) is 5.02 Å². The van der Waals surface area contributed by atoms with Crippen LogP contribution < -0.4 is 0 Å². The summed E-state index contributed by atoms with van der Waals surface area (Å²) >= 11 is 5.40. The Morgan fingerprint density at radius 2 is 1.76 bits per heavy atom. The Hall–Kier alpha value is -1.34. The van der Waals surface area contributed by atoms with E-state index in [9.17, 15) is 4.39 Å². The smallest absolute Gasteiger partial charge is 0.124 e. The van der Waals surface area contributed by atoms with Gasteiger partial charge in [-0.15, -0.1) is 0 Å². The summed E-state index contributed by atoms with van der Waals surface area (Å²) in [6.07, 6.45) is 4.03. The largest absolute Gasteiger partial charge is 0.207 e. The molecule has 0 heterocycles. The quantitative estimate of drug-likeness (QED) is 0.629. The average Bonchev–Trinajstić information content (AvgIpc) is 3.24. The first kappa shape index (κ1) is 16.0. The average molecular weight is 305 g/mol. The minimum Gasteiger partial charge on any atom is -0.207 e. The third kappa shape index (κ3) is 5.89. The van der Waals surface area contributed by atoms with Gasteiger partial charge in [0.1, 0.15) is 5.82 Å². The normalized spacial score (nSPS) is 13.8. The molecule has 0 unspecified atom stereocenters. The van der Waals surface area contributed by atoms with Crippen molar-refractivity contribution in [2.75, 3.05) is 0 Å². The van der Waals surface area contributed by atoms with Crippen molar-refractivity contribution in [3.63, 3.8) is 0 Å². The van der Waals surface area contributed by atoms with Gasteiger partial charge in [-0.25, -0.2) is 4.39 Å². The minimum absolute atomic E-state index is 0.294. The molecule has 0 aromatic heterocycles. The number of hydrogen-bond acceptors (Lipinski definition) is 0. The summed E-state index contributed by atoms with van der Waals surface area (Å²) in [5.74, 6) is 1.37. The van der Waals surface area contributed by atoms with E-state index < -0.39 is 0 Å². The summed E-state index contributed by atoms with van der Waals surface area (Å²) in [5.41, 5.74) is 3.03. The molecular formula is C19H22ClF. The highest BCUT2D eigenvalue weighted by Crippen LogP contribution is 2.39. The Morgan fingerprint density at radius 3 is 2.19 bits per heavy atom. The van der Waals surface area contributed by atoms with Gasteiger partial charge >= 0.3 is 0 Å². The first-order valence-corrected chi connectivity index (χ1v) is 7.92. The maximum atomic E-state index is 12.1. The molecule has 1 fully saturated rings. The van der Waals surface area contributed by atoms with Crippen molar-refractivity contribution in [2.45, 2.75) is 39.0 Å². The summed E-state index contributed by atoms with van der Waals surface area (Å²) in [5, 5.41) is 0.435. The fourth-order valence-corrected chi connectivity index (χ4v) is 2.45. The van der Waals surface area contributed by atoms with Gasteiger partial charge in [0.25, 0.3) is 0 Å². The minimum atomic E-state index is -0.294. The van der Waals surface area contributed by atoms with Crippen LogP contribution >= 0.6 is 11.6 Å². The summed E-state index contributed by atoms with van der Waals surface area (Å²) in [7, 11) is 0. The van der Waals surface area contributed by atoms with Crippen LogP contribution in [0.3, 0.4) is 0 Å². The third-order valence-corrected chi connectivity index (χ3v) is 3.69. The van der Waals surface area contributed by atoms with E-state index in [1.54, 1.807) is 17.7 Å². The maximum absolute atomic E-state index is 12.1. The zero-order valence-corrected chi connectivity index (χ0v) is 13.4. The second-order valence-corrected chi connectivity index (χ2v) is 6.49. The van der Waals surface area contributed by atoms with Gasteiger partial charge in [0.05, 0.1) is 0 Å². The molecule has 2 heteroatoms. The van der Waals surface area contributed by atoms with Crippen LogP contribution in [0.15, 0.2) is 48.5 Å². The van der Waals surface area contributed by atoms with Crippen molar-refractivity contribution in [1.29, 1.82) is 0 Å². The molecule has 0 spiro atoms. The van der Waals surface area contributed by atoms with Gasteiger partial charge in [0.15, 0.2) is 0 Å². The van der Waals surface area contributed by atoms with Crippen molar-refractivity contribution < 1.29 is 4.39 Å². The highest BCUT2D eigenvalue weighted by molar-refractivity contribution is 6.30. The van der Waals surface area contributed by atoms with Crippen LogP contribution in [-0.4, -0.2) is 0 Å². The lowest BCUT2D eigenvalue weighted by Crippen LogP contribution is -1.93. The van der Waals surface area contributed by atoms with Gasteiger partial charge in [-0.05, 0) is 60.4 Å². The molecule has 1 saturated carbocycles. The first-order chi connectivity index (χ1) is 10.0. The van der Waals surface area contributed by atoms with Crippen molar-refractivity contribution in [2.24, 2.45) is 5.92 Å². The van der Waals surface area contributed by atoms with Gasteiger partial charge in [0, 0.05) is 5.02 Å². The van der Waals surface area contributed by atoms with Gasteiger partial charge in [-0.2, -0.15) is 0 Å². The molecule has 112 valence electrons. The molecule has 1 aliphatic carbocycles. The Morgan fingerprint density at radius 1 is 1.10 bits per heavy atom. The molecule has 0 saturated heterocycles. The zero-order chi connectivity index (χ0) is 15.2. The molecule has 1 aliphatic rings. The van der Waals surface area contributed by atoms with Gasteiger partial charge < -0.3 is 0 Å². The summed E-state index contributed by atoms with van der Waals surface area (Å²) in [4.78, 5) is 0. The Balaban J connectivity index is 0.000000173. The van der Waals surface area contributed by atoms with Crippen LogP contribution in [-0.2, 0) is 6.42 Å². The van der Waals surface area contributed by atoms with E-state index >= 15 is 0 Å². The molecule has 0 aliphatic heterocycles. The van der Waals surface area contributed by atoms with Crippen molar-refractivity contribution >= 4 is 11.6 Å². The Kier molecular flexibility index (Phi) is 5.81.